The fourth-order valence-corrected chi connectivity index (χ4v) is 3.35. The van der Waals surface area contributed by atoms with Crippen LogP contribution in [0.15, 0.2) is 12.7 Å². The normalized spacial score (nSPS) is 27.8. The van der Waals surface area contributed by atoms with Crippen molar-refractivity contribution in [1.29, 1.82) is 0 Å². The Kier molecular flexibility index (Phi) is 4.04. The Hall–Kier alpha value is -0.340. The predicted octanol–water partition coefficient (Wildman–Crippen LogP) is 2.58. The van der Waals surface area contributed by atoms with Crippen molar-refractivity contribution in [2.45, 2.75) is 50.5 Å². The average Bonchev–Trinajstić information content (AvgIpc) is 2.34. The van der Waals surface area contributed by atoms with Gasteiger partial charge in [0.05, 0.1) is 5.60 Å². The summed E-state index contributed by atoms with van der Waals surface area (Å²) in [5.41, 5.74) is -0.349. The summed E-state index contributed by atoms with van der Waals surface area (Å²) in [4.78, 5) is 2.39. The molecule has 92 valence electrons. The Morgan fingerprint density at radius 2 is 1.81 bits per heavy atom. The van der Waals surface area contributed by atoms with E-state index in [2.05, 4.69) is 11.5 Å². The first-order valence-electron chi connectivity index (χ1n) is 6.80. The van der Waals surface area contributed by atoms with Crippen LogP contribution in [-0.4, -0.2) is 35.2 Å². The topological polar surface area (TPSA) is 23.5 Å². The third-order valence-electron chi connectivity index (χ3n) is 4.47. The molecule has 2 heteroatoms. The second-order valence-electron chi connectivity index (χ2n) is 5.53. The van der Waals surface area contributed by atoms with Gasteiger partial charge in [0, 0.05) is 19.6 Å². The van der Waals surface area contributed by atoms with Crippen molar-refractivity contribution in [3.05, 3.63) is 12.7 Å². The van der Waals surface area contributed by atoms with E-state index in [0.29, 0.717) is 5.92 Å². The minimum absolute atomic E-state index is 0.349. The SMILES string of the molecule is C=CCN1CCC(O)(C2CCCCC2)CC1. The van der Waals surface area contributed by atoms with Gasteiger partial charge in [-0.2, -0.15) is 0 Å². The molecule has 0 bridgehead atoms. The maximum absolute atomic E-state index is 10.7. The Bertz CT molecular complexity index is 225. The highest BCUT2D eigenvalue weighted by Gasteiger charge is 2.39. The van der Waals surface area contributed by atoms with Crippen LogP contribution < -0.4 is 0 Å². The molecule has 1 heterocycles. The lowest BCUT2D eigenvalue weighted by atomic mass is 9.72. The fourth-order valence-electron chi connectivity index (χ4n) is 3.35. The molecule has 0 aromatic rings. The van der Waals surface area contributed by atoms with E-state index in [1.807, 2.05) is 6.08 Å². The monoisotopic (exact) mass is 223 g/mol. The molecule has 0 radical (unpaired) electrons. The van der Waals surface area contributed by atoms with Crippen LogP contribution in [0.5, 0.6) is 0 Å². The summed E-state index contributed by atoms with van der Waals surface area (Å²) in [7, 11) is 0. The van der Waals surface area contributed by atoms with E-state index in [1.54, 1.807) is 0 Å². The molecule has 1 aliphatic heterocycles. The average molecular weight is 223 g/mol. The lowest BCUT2D eigenvalue weighted by Gasteiger charge is -2.44. The second-order valence-corrected chi connectivity index (χ2v) is 5.53. The Labute approximate surface area is 99.3 Å². The second kappa shape index (κ2) is 5.33. The number of hydrogen-bond donors (Lipinski definition) is 1. The van der Waals surface area contributed by atoms with Crippen molar-refractivity contribution in [1.82, 2.24) is 4.90 Å². The van der Waals surface area contributed by atoms with Gasteiger partial charge in [-0.1, -0.05) is 25.3 Å². The Morgan fingerprint density at radius 1 is 1.19 bits per heavy atom. The van der Waals surface area contributed by atoms with Crippen molar-refractivity contribution >= 4 is 0 Å². The molecule has 1 N–H and O–H groups in total. The van der Waals surface area contributed by atoms with Gasteiger partial charge in [-0.3, -0.25) is 4.90 Å². The first-order valence-corrected chi connectivity index (χ1v) is 6.80. The number of likely N-dealkylation sites (tertiary alicyclic amines) is 1. The first kappa shape index (κ1) is 12.1. The van der Waals surface area contributed by atoms with Crippen LogP contribution in [0.3, 0.4) is 0 Å². The van der Waals surface area contributed by atoms with Crippen LogP contribution in [0.1, 0.15) is 44.9 Å². The molecule has 16 heavy (non-hydrogen) atoms. The van der Waals surface area contributed by atoms with E-state index in [-0.39, 0.29) is 5.60 Å². The Balaban J connectivity index is 1.87. The molecule has 2 fully saturated rings. The third-order valence-corrected chi connectivity index (χ3v) is 4.47. The van der Waals surface area contributed by atoms with Crippen molar-refractivity contribution < 1.29 is 5.11 Å². The molecule has 0 amide bonds. The molecule has 0 aromatic heterocycles. The molecule has 1 saturated heterocycles. The molecule has 0 spiro atoms. The van der Waals surface area contributed by atoms with Crippen LogP contribution in [0.4, 0.5) is 0 Å². The lowest BCUT2D eigenvalue weighted by molar-refractivity contribution is -0.0757. The zero-order valence-corrected chi connectivity index (χ0v) is 10.3. The van der Waals surface area contributed by atoms with Gasteiger partial charge in [0.1, 0.15) is 0 Å². The molecule has 2 nitrogen and oxygen atoms in total. The summed E-state index contributed by atoms with van der Waals surface area (Å²) >= 11 is 0. The number of nitrogens with zero attached hydrogens (tertiary/aromatic N) is 1. The van der Waals surface area contributed by atoms with E-state index >= 15 is 0 Å². The highest BCUT2D eigenvalue weighted by Crippen LogP contribution is 2.38. The lowest BCUT2D eigenvalue weighted by Crippen LogP contribution is -2.49. The van der Waals surface area contributed by atoms with Crippen LogP contribution in [0, 0.1) is 5.92 Å². The minimum Gasteiger partial charge on any atom is -0.390 e. The molecule has 0 aromatic carbocycles. The molecule has 0 unspecified atom stereocenters. The molecule has 2 aliphatic rings. The van der Waals surface area contributed by atoms with Gasteiger partial charge in [-0.05, 0) is 31.6 Å². The molecule has 2 rings (SSSR count). The smallest absolute Gasteiger partial charge is 0.0700 e. The Morgan fingerprint density at radius 3 is 2.38 bits per heavy atom. The summed E-state index contributed by atoms with van der Waals surface area (Å²) in [6.07, 6.45) is 10.4. The summed E-state index contributed by atoms with van der Waals surface area (Å²) in [6, 6.07) is 0. The zero-order chi connectivity index (χ0) is 11.4. The number of piperidine rings is 1. The summed E-state index contributed by atoms with van der Waals surface area (Å²) in [5, 5.41) is 10.7. The van der Waals surface area contributed by atoms with Crippen LogP contribution >= 0.6 is 0 Å². The van der Waals surface area contributed by atoms with Crippen molar-refractivity contribution in [2.24, 2.45) is 5.92 Å². The van der Waals surface area contributed by atoms with Crippen LogP contribution in [-0.2, 0) is 0 Å². The summed E-state index contributed by atoms with van der Waals surface area (Å²) in [5.74, 6) is 0.576. The van der Waals surface area contributed by atoms with E-state index in [0.717, 1.165) is 32.5 Å². The quantitative estimate of drug-likeness (QED) is 0.743. The maximum Gasteiger partial charge on any atom is 0.0700 e. The summed E-state index contributed by atoms with van der Waals surface area (Å²) in [6.45, 7) is 6.83. The molecule has 1 aliphatic carbocycles. The molecular weight excluding hydrogens is 198 g/mol. The van der Waals surface area contributed by atoms with Gasteiger partial charge in [-0.25, -0.2) is 0 Å². The van der Waals surface area contributed by atoms with Crippen LogP contribution in [0.25, 0.3) is 0 Å². The van der Waals surface area contributed by atoms with Gasteiger partial charge in [0.2, 0.25) is 0 Å². The largest absolute Gasteiger partial charge is 0.390 e. The van der Waals surface area contributed by atoms with Gasteiger partial charge in [0.25, 0.3) is 0 Å². The standard InChI is InChI=1S/C14H25NO/c1-2-10-15-11-8-14(16,9-12-15)13-6-4-3-5-7-13/h2,13,16H,1,3-12H2. The van der Waals surface area contributed by atoms with Gasteiger partial charge < -0.3 is 5.11 Å². The third kappa shape index (κ3) is 2.67. The van der Waals surface area contributed by atoms with E-state index in [9.17, 15) is 5.11 Å². The van der Waals surface area contributed by atoms with Crippen molar-refractivity contribution in [3.8, 4) is 0 Å². The number of hydrogen-bond acceptors (Lipinski definition) is 2. The van der Waals surface area contributed by atoms with Crippen molar-refractivity contribution in [2.75, 3.05) is 19.6 Å². The van der Waals surface area contributed by atoms with E-state index in [1.165, 1.54) is 32.1 Å². The number of aliphatic hydroxyl groups is 1. The van der Waals surface area contributed by atoms with E-state index < -0.39 is 0 Å². The molecule has 1 saturated carbocycles. The molecule has 0 atom stereocenters. The van der Waals surface area contributed by atoms with Crippen molar-refractivity contribution in [3.63, 3.8) is 0 Å². The number of rotatable bonds is 3. The minimum atomic E-state index is -0.349. The summed E-state index contributed by atoms with van der Waals surface area (Å²) < 4.78 is 0. The predicted molar refractivity (Wildman–Crippen MR) is 67.4 cm³/mol. The zero-order valence-electron chi connectivity index (χ0n) is 10.3. The highest BCUT2D eigenvalue weighted by molar-refractivity contribution is 4.93. The fraction of sp³-hybridized carbons (Fsp3) is 0.857. The van der Waals surface area contributed by atoms with Gasteiger partial charge in [-0.15, -0.1) is 6.58 Å². The van der Waals surface area contributed by atoms with E-state index in [4.69, 9.17) is 0 Å². The first-order chi connectivity index (χ1) is 7.74. The van der Waals surface area contributed by atoms with Gasteiger partial charge in [0.15, 0.2) is 0 Å². The molecular formula is C14H25NO. The van der Waals surface area contributed by atoms with Gasteiger partial charge >= 0.3 is 0 Å². The maximum atomic E-state index is 10.7. The highest BCUT2D eigenvalue weighted by atomic mass is 16.3. The van der Waals surface area contributed by atoms with Crippen LogP contribution in [0.2, 0.25) is 0 Å².